The van der Waals surface area contributed by atoms with Crippen molar-refractivity contribution in [3.8, 4) is 0 Å². The molecule has 0 saturated carbocycles. The Kier molecular flexibility index (Phi) is 6.51. The van der Waals surface area contributed by atoms with E-state index in [-0.39, 0.29) is 11.9 Å². The summed E-state index contributed by atoms with van der Waals surface area (Å²) in [6, 6.07) is 0.196. The smallest absolute Gasteiger partial charge is 0.273 e. The van der Waals surface area contributed by atoms with Crippen LogP contribution < -0.4 is 11.1 Å². The average Bonchev–Trinajstić information content (AvgIpc) is 2.81. The lowest BCUT2D eigenvalue weighted by Crippen LogP contribution is -2.30. The molecule has 3 N–H and O–H groups in total. The van der Waals surface area contributed by atoms with E-state index in [2.05, 4.69) is 29.2 Å². The average molecular weight is 281 g/mol. The Morgan fingerprint density at radius 1 is 1.45 bits per heavy atom. The maximum absolute atomic E-state index is 12.0. The summed E-state index contributed by atoms with van der Waals surface area (Å²) in [4.78, 5) is 14.3. The molecule has 0 bridgehead atoms. The highest BCUT2D eigenvalue weighted by Gasteiger charge is 2.15. The molecule has 114 valence electrons. The minimum absolute atomic E-state index is 0.193. The van der Waals surface area contributed by atoms with Crippen LogP contribution in [0.1, 0.15) is 50.6 Å². The Labute approximate surface area is 121 Å². The molecule has 6 heteroatoms. The van der Waals surface area contributed by atoms with Crippen LogP contribution in [0.2, 0.25) is 0 Å². The second-order valence-corrected chi connectivity index (χ2v) is 5.14. The monoisotopic (exact) mass is 281 g/mol. The first-order valence-electron chi connectivity index (χ1n) is 7.34. The predicted molar refractivity (Wildman–Crippen MR) is 81.8 cm³/mol. The summed E-state index contributed by atoms with van der Waals surface area (Å²) >= 11 is 0. The zero-order chi connectivity index (χ0) is 15.1. The molecule has 0 aliphatic heterocycles. The third kappa shape index (κ3) is 4.52. The van der Waals surface area contributed by atoms with Gasteiger partial charge in [-0.25, -0.2) is 0 Å². The number of amides is 1. The molecule has 20 heavy (non-hydrogen) atoms. The van der Waals surface area contributed by atoms with Gasteiger partial charge in [0.05, 0.1) is 5.69 Å². The van der Waals surface area contributed by atoms with E-state index < -0.39 is 0 Å². The van der Waals surface area contributed by atoms with Crippen LogP contribution >= 0.6 is 0 Å². The molecule has 0 aromatic carbocycles. The number of aromatic nitrogens is 2. The van der Waals surface area contributed by atoms with Crippen molar-refractivity contribution in [1.29, 1.82) is 0 Å². The second-order valence-electron chi connectivity index (χ2n) is 5.14. The standard InChI is InChI=1S/C14H27N5O/c1-5-18(6-2)9-7-8-16-14(20)13-12(15)10-19(17-13)11(3)4/h10-11H,5-9,15H2,1-4H3,(H,16,20). The summed E-state index contributed by atoms with van der Waals surface area (Å²) in [5.74, 6) is -0.193. The van der Waals surface area contributed by atoms with Crippen LogP contribution in [0.4, 0.5) is 5.69 Å². The van der Waals surface area contributed by atoms with Crippen molar-refractivity contribution in [2.75, 3.05) is 31.9 Å². The van der Waals surface area contributed by atoms with Gasteiger partial charge < -0.3 is 16.0 Å². The van der Waals surface area contributed by atoms with Gasteiger partial charge in [-0.2, -0.15) is 5.10 Å². The Morgan fingerprint density at radius 3 is 2.60 bits per heavy atom. The first kappa shape index (κ1) is 16.5. The highest BCUT2D eigenvalue weighted by molar-refractivity contribution is 5.96. The van der Waals surface area contributed by atoms with Gasteiger partial charge in [0.1, 0.15) is 0 Å². The fourth-order valence-electron chi connectivity index (χ4n) is 1.97. The summed E-state index contributed by atoms with van der Waals surface area (Å²) in [5.41, 5.74) is 6.57. The summed E-state index contributed by atoms with van der Waals surface area (Å²) in [7, 11) is 0. The van der Waals surface area contributed by atoms with Crippen LogP contribution in [-0.2, 0) is 0 Å². The Hall–Kier alpha value is -1.56. The number of anilines is 1. The molecular weight excluding hydrogens is 254 g/mol. The summed E-state index contributed by atoms with van der Waals surface area (Å²) in [5, 5.41) is 7.10. The first-order chi connectivity index (χ1) is 9.49. The maximum atomic E-state index is 12.0. The maximum Gasteiger partial charge on any atom is 0.273 e. The number of rotatable bonds is 8. The Bertz CT molecular complexity index is 423. The fourth-order valence-corrected chi connectivity index (χ4v) is 1.97. The molecule has 0 unspecified atom stereocenters. The Morgan fingerprint density at radius 2 is 2.10 bits per heavy atom. The summed E-state index contributed by atoms with van der Waals surface area (Å²) in [6.45, 7) is 12.0. The zero-order valence-corrected chi connectivity index (χ0v) is 13.0. The lowest BCUT2D eigenvalue weighted by molar-refractivity contribution is 0.0946. The van der Waals surface area contributed by atoms with Gasteiger partial charge in [-0.05, 0) is 39.9 Å². The SMILES string of the molecule is CCN(CC)CCCNC(=O)c1nn(C(C)C)cc1N. The van der Waals surface area contributed by atoms with E-state index in [9.17, 15) is 4.79 Å². The van der Waals surface area contributed by atoms with Crippen LogP contribution in [0.15, 0.2) is 6.20 Å². The topological polar surface area (TPSA) is 76.2 Å². The number of nitrogens with zero attached hydrogens (tertiary/aromatic N) is 3. The molecule has 0 aliphatic carbocycles. The van der Waals surface area contributed by atoms with Crippen LogP contribution in [-0.4, -0.2) is 46.8 Å². The molecule has 6 nitrogen and oxygen atoms in total. The number of hydrogen-bond donors (Lipinski definition) is 2. The Balaban J connectivity index is 2.43. The van der Waals surface area contributed by atoms with Crippen LogP contribution in [0.5, 0.6) is 0 Å². The van der Waals surface area contributed by atoms with E-state index in [1.54, 1.807) is 10.9 Å². The van der Waals surface area contributed by atoms with Crippen molar-refractivity contribution < 1.29 is 4.79 Å². The van der Waals surface area contributed by atoms with Gasteiger partial charge in [-0.1, -0.05) is 13.8 Å². The molecule has 0 spiro atoms. The molecule has 0 saturated heterocycles. The summed E-state index contributed by atoms with van der Waals surface area (Å²) in [6.07, 6.45) is 2.63. The summed E-state index contributed by atoms with van der Waals surface area (Å²) < 4.78 is 1.71. The lowest BCUT2D eigenvalue weighted by Gasteiger charge is -2.17. The zero-order valence-electron chi connectivity index (χ0n) is 13.0. The van der Waals surface area contributed by atoms with E-state index in [0.717, 1.165) is 26.1 Å². The van der Waals surface area contributed by atoms with Gasteiger partial charge in [0.15, 0.2) is 5.69 Å². The van der Waals surface area contributed by atoms with Crippen molar-refractivity contribution in [2.45, 2.75) is 40.2 Å². The number of nitrogens with two attached hydrogens (primary N) is 1. The van der Waals surface area contributed by atoms with Crippen LogP contribution in [0.25, 0.3) is 0 Å². The largest absolute Gasteiger partial charge is 0.396 e. The molecule has 1 rings (SSSR count). The molecule has 1 aromatic heterocycles. The molecule has 1 aromatic rings. The quantitative estimate of drug-likeness (QED) is 0.708. The predicted octanol–water partition coefficient (Wildman–Crippen LogP) is 1.51. The van der Waals surface area contributed by atoms with Crippen LogP contribution in [0.3, 0.4) is 0 Å². The minimum atomic E-state index is -0.193. The van der Waals surface area contributed by atoms with E-state index in [1.165, 1.54) is 0 Å². The van der Waals surface area contributed by atoms with Gasteiger partial charge >= 0.3 is 0 Å². The normalized spacial score (nSPS) is 11.3. The molecule has 1 amide bonds. The molecule has 0 fully saturated rings. The minimum Gasteiger partial charge on any atom is -0.396 e. The van der Waals surface area contributed by atoms with E-state index in [4.69, 9.17) is 5.73 Å². The van der Waals surface area contributed by atoms with E-state index >= 15 is 0 Å². The first-order valence-corrected chi connectivity index (χ1v) is 7.34. The fraction of sp³-hybridized carbons (Fsp3) is 0.714. The van der Waals surface area contributed by atoms with E-state index in [0.29, 0.717) is 17.9 Å². The van der Waals surface area contributed by atoms with Crippen molar-refractivity contribution in [3.63, 3.8) is 0 Å². The van der Waals surface area contributed by atoms with Gasteiger partial charge in [0, 0.05) is 18.8 Å². The van der Waals surface area contributed by atoms with Gasteiger partial charge in [-0.3, -0.25) is 9.48 Å². The van der Waals surface area contributed by atoms with Gasteiger partial charge in [0.25, 0.3) is 5.91 Å². The van der Waals surface area contributed by atoms with Crippen molar-refractivity contribution in [1.82, 2.24) is 20.0 Å². The molecular formula is C14H27N5O. The molecule has 0 atom stereocenters. The number of hydrogen-bond acceptors (Lipinski definition) is 4. The van der Waals surface area contributed by atoms with Gasteiger partial charge in [0.2, 0.25) is 0 Å². The number of carbonyl (C=O) groups is 1. The van der Waals surface area contributed by atoms with Gasteiger partial charge in [-0.15, -0.1) is 0 Å². The third-order valence-electron chi connectivity index (χ3n) is 3.34. The lowest BCUT2D eigenvalue weighted by atomic mass is 10.3. The molecule has 0 aliphatic rings. The van der Waals surface area contributed by atoms with Crippen molar-refractivity contribution in [2.24, 2.45) is 0 Å². The number of nitrogen functional groups attached to an aromatic ring is 1. The highest BCUT2D eigenvalue weighted by atomic mass is 16.2. The van der Waals surface area contributed by atoms with Crippen molar-refractivity contribution >= 4 is 11.6 Å². The highest BCUT2D eigenvalue weighted by Crippen LogP contribution is 2.12. The number of carbonyl (C=O) groups excluding carboxylic acids is 1. The molecule has 1 heterocycles. The third-order valence-corrected chi connectivity index (χ3v) is 3.34. The second kappa shape index (κ2) is 7.89. The van der Waals surface area contributed by atoms with E-state index in [1.807, 2.05) is 13.8 Å². The van der Waals surface area contributed by atoms with Crippen molar-refractivity contribution in [3.05, 3.63) is 11.9 Å². The molecule has 0 radical (unpaired) electrons. The number of nitrogens with one attached hydrogen (secondary N) is 1. The van der Waals surface area contributed by atoms with Crippen LogP contribution in [0, 0.1) is 0 Å².